The van der Waals surface area contributed by atoms with Gasteiger partial charge in [-0.1, -0.05) is 11.6 Å². The van der Waals surface area contributed by atoms with Gasteiger partial charge in [0.1, 0.15) is 18.4 Å². The molecule has 0 spiro atoms. The number of rotatable bonds is 3. The van der Waals surface area contributed by atoms with Gasteiger partial charge in [0.15, 0.2) is 0 Å². The number of halogens is 1. The van der Waals surface area contributed by atoms with Gasteiger partial charge >= 0.3 is 0 Å². The summed E-state index contributed by atoms with van der Waals surface area (Å²) in [6.45, 7) is 0. The molecule has 0 fully saturated rings. The van der Waals surface area contributed by atoms with Gasteiger partial charge in [-0.25, -0.2) is 4.68 Å². The topological polar surface area (TPSA) is 52.3 Å². The van der Waals surface area contributed by atoms with Crippen molar-refractivity contribution in [2.75, 3.05) is 7.11 Å². The van der Waals surface area contributed by atoms with Crippen LogP contribution in [0.3, 0.4) is 0 Å². The molecule has 0 saturated carbocycles. The second-order valence-corrected chi connectivity index (χ2v) is 3.41. The summed E-state index contributed by atoms with van der Waals surface area (Å²) >= 11 is 5.89. The van der Waals surface area contributed by atoms with Crippen molar-refractivity contribution in [2.45, 2.75) is 0 Å². The summed E-state index contributed by atoms with van der Waals surface area (Å²) in [5, 5.41) is 12.0. The predicted molar refractivity (Wildman–Crippen MR) is 61.0 cm³/mol. The molecule has 0 aliphatic rings. The SMILES string of the molecule is COc1ccc(Cl)cc1C=Nn1cnnc1. The Kier molecular flexibility index (Phi) is 3.16. The Labute approximate surface area is 97.3 Å². The van der Waals surface area contributed by atoms with Gasteiger partial charge in [-0.3, -0.25) is 0 Å². The number of methoxy groups -OCH3 is 1. The molecule has 0 atom stereocenters. The Balaban J connectivity index is 2.29. The molecule has 0 radical (unpaired) electrons. The van der Waals surface area contributed by atoms with Gasteiger partial charge < -0.3 is 4.74 Å². The van der Waals surface area contributed by atoms with Crippen LogP contribution in [0.1, 0.15) is 5.56 Å². The summed E-state index contributed by atoms with van der Waals surface area (Å²) in [6.07, 6.45) is 4.62. The highest BCUT2D eigenvalue weighted by Gasteiger charge is 2.00. The van der Waals surface area contributed by atoms with Gasteiger partial charge in [-0.15, -0.1) is 10.2 Å². The Morgan fingerprint density at radius 2 is 2.12 bits per heavy atom. The van der Waals surface area contributed by atoms with E-state index in [9.17, 15) is 0 Å². The first-order valence-corrected chi connectivity index (χ1v) is 4.90. The second-order valence-electron chi connectivity index (χ2n) is 2.97. The first-order chi connectivity index (χ1) is 7.79. The van der Waals surface area contributed by atoms with Crippen molar-refractivity contribution >= 4 is 17.8 Å². The van der Waals surface area contributed by atoms with E-state index < -0.39 is 0 Å². The molecule has 0 bridgehead atoms. The van der Waals surface area contributed by atoms with E-state index in [2.05, 4.69) is 15.3 Å². The van der Waals surface area contributed by atoms with Gasteiger partial charge in [0.05, 0.1) is 13.3 Å². The smallest absolute Gasteiger partial charge is 0.141 e. The molecule has 0 amide bonds. The standard InChI is InChI=1S/C10H9ClN4O/c1-16-10-3-2-9(11)4-8(10)5-14-15-6-12-13-7-15/h2-7H,1H3. The molecule has 1 aromatic carbocycles. The summed E-state index contributed by atoms with van der Waals surface area (Å²) in [7, 11) is 1.60. The fourth-order valence-corrected chi connectivity index (χ4v) is 1.37. The van der Waals surface area contributed by atoms with Crippen LogP contribution < -0.4 is 4.74 Å². The maximum atomic E-state index is 5.89. The zero-order chi connectivity index (χ0) is 11.4. The molecule has 0 unspecified atom stereocenters. The largest absolute Gasteiger partial charge is 0.496 e. The summed E-state index contributed by atoms with van der Waals surface area (Å²) in [6, 6.07) is 5.32. The van der Waals surface area contributed by atoms with Crippen molar-refractivity contribution in [3.63, 3.8) is 0 Å². The third-order valence-electron chi connectivity index (χ3n) is 1.93. The summed E-state index contributed by atoms with van der Waals surface area (Å²) in [5.41, 5.74) is 0.795. The van der Waals surface area contributed by atoms with Gasteiger partial charge in [0.2, 0.25) is 0 Å². The monoisotopic (exact) mass is 236 g/mol. The van der Waals surface area contributed by atoms with Crippen LogP contribution >= 0.6 is 11.6 Å². The molecule has 82 valence electrons. The maximum Gasteiger partial charge on any atom is 0.141 e. The molecule has 2 rings (SSSR count). The molecule has 2 aromatic rings. The van der Waals surface area contributed by atoms with Crippen LogP contribution in [0.2, 0.25) is 5.02 Å². The number of hydrogen-bond donors (Lipinski definition) is 0. The molecule has 6 heteroatoms. The number of nitrogens with zero attached hydrogens (tertiary/aromatic N) is 4. The zero-order valence-electron chi connectivity index (χ0n) is 8.54. The van der Waals surface area contributed by atoms with Crippen molar-refractivity contribution in [1.82, 2.24) is 14.9 Å². The number of benzene rings is 1. The molecule has 5 nitrogen and oxygen atoms in total. The quantitative estimate of drug-likeness (QED) is 0.764. The first kappa shape index (κ1) is 10.6. The third-order valence-corrected chi connectivity index (χ3v) is 2.16. The predicted octanol–water partition coefficient (Wildman–Crippen LogP) is 1.82. The Bertz CT molecular complexity index is 496. The lowest BCUT2D eigenvalue weighted by atomic mass is 10.2. The van der Waals surface area contributed by atoms with E-state index in [0.29, 0.717) is 10.8 Å². The summed E-state index contributed by atoms with van der Waals surface area (Å²) < 4.78 is 6.67. The molecule has 0 aliphatic heterocycles. The maximum absolute atomic E-state index is 5.89. The number of hydrogen-bond acceptors (Lipinski definition) is 4. The van der Waals surface area contributed by atoms with Crippen LogP contribution in [-0.2, 0) is 0 Å². The van der Waals surface area contributed by atoms with E-state index in [1.807, 2.05) is 0 Å². The molecule has 1 aromatic heterocycles. The van der Waals surface area contributed by atoms with Gasteiger partial charge in [-0.2, -0.15) is 5.10 Å². The van der Waals surface area contributed by atoms with Crippen LogP contribution in [0, 0.1) is 0 Å². The normalized spacial score (nSPS) is 10.9. The summed E-state index contributed by atoms with van der Waals surface area (Å²) in [5.74, 6) is 0.709. The molecular formula is C10H9ClN4O. The average Bonchev–Trinajstić information content (AvgIpc) is 2.79. The van der Waals surface area contributed by atoms with Crippen LogP contribution in [0.15, 0.2) is 36.0 Å². The van der Waals surface area contributed by atoms with Gasteiger partial charge in [-0.05, 0) is 18.2 Å². The van der Waals surface area contributed by atoms with Crippen LogP contribution in [-0.4, -0.2) is 28.2 Å². The highest BCUT2D eigenvalue weighted by atomic mass is 35.5. The molecule has 0 N–H and O–H groups in total. The molecular weight excluding hydrogens is 228 g/mol. The fraction of sp³-hybridized carbons (Fsp3) is 0.100. The lowest BCUT2D eigenvalue weighted by Crippen LogP contribution is -1.92. The number of aromatic nitrogens is 3. The average molecular weight is 237 g/mol. The fourth-order valence-electron chi connectivity index (χ4n) is 1.19. The van der Waals surface area contributed by atoms with E-state index in [1.165, 1.54) is 17.3 Å². The lowest BCUT2D eigenvalue weighted by molar-refractivity contribution is 0.414. The second kappa shape index (κ2) is 4.76. The van der Waals surface area contributed by atoms with E-state index in [-0.39, 0.29) is 0 Å². The van der Waals surface area contributed by atoms with Gasteiger partial charge in [0, 0.05) is 10.6 Å². The molecule has 1 heterocycles. The minimum Gasteiger partial charge on any atom is -0.496 e. The van der Waals surface area contributed by atoms with E-state index in [0.717, 1.165) is 5.56 Å². The van der Waals surface area contributed by atoms with Crippen LogP contribution in [0.4, 0.5) is 0 Å². The molecule has 0 aliphatic carbocycles. The highest BCUT2D eigenvalue weighted by molar-refractivity contribution is 6.30. The molecule has 16 heavy (non-hydrogen) atoms. The third kappa shape index (κ3) is 2.38. The van der Waals surface area contributed by atoms with Crippen molar-refractivity contribution < 1.29 is 4.74 Å². The highest BCUT2D eigenvalue weighted by Crippen LogP contribution is 2.20. The lowest BCUT2D eigenvalue weighted by Gasteiger charge is -2.03. The molecule has 0 saturated heterocycles. The van der Waals surface area contributed by atoms with Gasteiger partial charge in [0.25, 0.3) is 0 Å². The number of ether oxygens (including phenoxy) is 1. The van der Waals surface area contributed by atoms with E-state index in [1.54, 1.807) is 31.5 Å². The van der Waals surface area contributed by atoms with Crippen LogP contribution in [0.25, 0.3) is 0 Å². The summed E-state index contributed by atoms with van der Waals surface area (Å²) in [4.78, 5) is 0. The Hall–Kier alpha value is -1.88. The van der Waals surface area contributed by atoms with Crippen molar-refractivity contribution in [1.29, 1.82) is 0 Å². The Morgan fingerprint density at radius 1 is 1.38 bits per heavy atom. The van der Waals surface area contributed by atoms with Crippen molar-refractivity contribution in [3.05, 3.63) is 41.4 Å². The van der Waals surface area contributed by atoms with Crippen LogP contribution in [0.5, 0.6) is 5.75 Å². The van der Waals surface area contributed by atoms with Crippen molar-refractivity contribution in [3.8, 4) is 5.75 Å². The van der Waals surface area contributed by atoms with E-state index in [4.69, 9.17) is 16.3 Å². The van der Waals surface area contributed by atoms with Crippen molar-refractivity contribution in [2.24, 2.45) is 5.10 Å². The first-order valence-electron chi connectivity index (χ1n) is 4.52. The zero-order valence-corrected chi connectivity index (χ0v) is 9.30. The minimum absolute atomic E-state index is 0.631. The minimum atomic E-state index is 0.631. The Morgan fingerprint density at radius 3 is 2.81 bits per heavy atom. The van der Waals surface area contributed by atoms with E-state index >= 15 is 0 Å².